The Labute approximate surface area is 169 Å². The summed E-state index contributed by atoms with van der Waals surface area (Å²) in [4.78, 5) is 25.4. The van der Waals surface area contributed by atoms with Crippen molar-refractivity contribution in [2.24, 2.45) is 0 Å². The largest absolute Gasteiger partial charge is 0.493 e. The topological polar surface area (TPSA) is 85.3 Å². The molecule has 2 aliphatic rings. The molecule has 1 fully saturated rings. The van der Waals surface area contributed by atoms with Crippen LogP contribution in [0.25, 0.3) is 10.8 Å². The number of carboxylic acid groups (broad SMARTS) is 1. The Kier molecular flexibility index (Phi) is 4.76. The average Bonchev–Trinajstić information content (AvgIpc) is 3.27. The summed E-state index contributed by atoms with van der Waals surface area (Å²) < 4.78 is 17.2. The van der Waals surface area contributed by atoms with Gasteiger partial charge in [-0.25, -0.2) is 9.59 Å². The maximum absolute atomic E-state index is 12.5. The number of rotatable bonds is 3. The summed E-state index contributed by atoms with van der Waals surface area (Å²) in [7, 11) is 0. The summed E-state index contributed by atoms with van der Waals surface area (Å²) in [5, 5.41) is 11.6. The number of aliphatic carboxylic acids is 1. The first-order valence-corrected chi connectivity index (χ1v) is 9.79. The summed E-state index contributed by atoms with van der Waals surface area (Å²) in [6.07, 6.45) is -0.00544. The van der Waals surface area contributed by atoms with E-state index in [0.29, 0.717) is 12.4 Å². The Morgan fingerprint density at radius 1 is 1.17 bits per heavy atom. The van der Waals surface area contributed by atoms with Gasteiger partial charge < -0.3 is 19.3 Å². The van der Waals surface area contributed by atoms with Crippen LogP contribution in [0.2, 0.25) is 0 Å². The summed E-state index contributed by atoms with van der Waals surface area (Å²) in [6.45, 7) is 6.10. The van der Waals surface area contributed by atoms with Crippen LogP contribution in [0.15, 0.2) is 30.3 Å². The Morgan fingerprint density at radius 2 is 1.97 bits per heavy atom. The first-order valence-electron chi connectivity index (χ1n) is 9.79. The molecule has 1 saturated heterocycles. The Balaban J connectivity index is 1.57. The first kappa shape index (κ1) is 19.4. The van der Waals surface area contributed by atoms with E-state index in [9.17, 15) is 14.7 Å². The highest BCUT2D eigenvalue weighted by atomic mass is 16.6. The minimum Gasteiger partial charge on any atom is -0.493 e. The van der Waals surface area contributed by atoms with Gasteiger partial charge in [0.15, 0.2) is 0 Å². The van der Waals surface area contributed by atoms with E-state index in [2.05, 4.69) is 0 Å². The van der Waals surface area contributed by atoms with Crippen molar-refractivity contribution in [3.8, 4) is 11.5 Å². The molecule has 7 heteroatoms. The van der Waals surface area contributed by atoms with Crippen molar-refractivity contribution in [2.45, 2.75) is 51.4 Å². The first-order chi connectivity index (χ1) is 13.7. The lowest BCUT2D eigenvalue weighted by Crippen LogP contribution is -2.43. The van der Waals surface area contributed by atoms with Gasteiger partial charge in [-0.05, 0) is 44.4 Å². The normalized spacial score (nSPS) is 21.0. The number of benzene rings is 2. The van der Waals surface area contributed by atoms with Crippen molar-refractivity contribution in [2.75, 3.05) is 13.2 Å². The number of fused-ring (bicyclic) bond motifs is 3. The fourth-order valence-electron chi connectivity index (χ4n) is 3.95. The van der Waals surface area contributed by atoms with Crippen LogP contribution in [0.1, 0.15) is 32.8 Å². The van der Waals surface area contributed by atoms with Gasteiger partial charge in [-0.1, -0.05) is 12.1 Å². The molecule has 154 valence electrons. The minimum atomic E-state index is -1.06. The molecule has 7 nitrogen and oxygen atoms in total. The van der Waals surface area contributed by atoms with Crippen LogP contribution in [-0.4, -0.2) is 53.0 Å². The van der Waals surface area contributed by atoms with E-state index in [1.807, 2.05) is 30.3 Å². The molecule has 4 rings (SSSR count). The standard InChI is InChI=1S/C22H25NO6/c1-22(2,3)29-21(26)23-12-13(11-17(23)20(24)25)28-19-6-4-5-14-15(19)7-8-18-16(14)9-10-27-18/h4-8,13,17H,9-12H2,1-3H3,(H,24,25)/t13-,17+/m1/s1. The van der Waals surface area contributed by atoms with Gasteiger partial charge >= 0.3 is 12.1 Å². The molecule has 0 radical (unpaired) electrons. The highest BCUT2D eigenvalue weighted by molar-refractivity contribution is 5.93. The van der Waals surface area contributed by atoms with Crippen molar-refractivity contribution in [3.05, 3.63) is 35.9 Å². The molecular weight excluding hydrogens is 374 g/mol. The number of ether oxygens (including phenoxy) is 3. The van der Waals surface area contributed by atoms with Gasteiger partial charge in [-0.15, -0.1) is 0 Å². The van der Waals surface area contributed by atoms with E-state index >= 15 is 0 Å². The zero-order valence-corrected chi connectivity index (χ0v) is 16.8. The predicted octanol–water partition coefficient (Wildman–Crippen LogP) is 3.62. The van der Waals surface area contributed by atoms with Crippen LogP contribution in [-0.2, 0) is 16.0 Å². The molecule has 29 heavy (non-hydrogen) atoms. The molecule has 0 spiro atoms. The molecule has 0 bridgehead atoms. The van der Waals surface area contributed by atoms with Crippen LogP contribution < -0.4 is 9.47 Å². The van der Waals surface area contributed by atoms with Crippen molar-refractivity contribution in [1.82, 2.24) is 4.90 Å². The summed E-state index contributed by atoms with van der Waals surface area (Å²) in [5.74, 6) is 0.518. The third-order valence-corrected chi connectivity index (χ3v) is 5.17. The van der Waals surface area contributed by atoms with Crippen molar-refractivity contribution < 1.29 is 28.9 Å². The van der Waals surface area contributed by atoms with Gasteiger partial charge in [0.1, 0.15) is 29.2 Å². The maximum Gasteiger partial charge on any atom is 0.411 e. The molecule has 0 saturated carbocycles. The predicted molar refractivity (Wildman–Crippen MR) is 107 cm³/mol. The van der Waals surface area contributed by atoms with Gasteiger partial charge in [-0.2, -0.15) is 0 Å². The van der Waals surface area contributed by atoms with Gasteiger partial charge in [-0.3, -0.25) is 4.90 Å². The van der Waals surface area contributed by atoms with Gasteiger partial charge in [0.25, 0.3) is 0 Å². The van der Waals surface area contributed by atoms with E-state index in [1.54, 1.807) is 20.8 Å². The minimum absolute atomic E-state index is 0.163. The van der Waals surface area contributed by atoms with E-state index < -0.39 is 29.8 Å². The molecule has 0 aromatic heterocycles. The van der Waals surface area contributed by atoms with Crippen LogP contribution >= 0.6 is 0 Å². The number of amides is 1. The van der Waals surface area contributed by atoms with E-state index in [0.717, 1.165) is 28.5 Å². The molecule has 2 heterocycles. The van der Waals surface area contributed by atoms with Crippen LogP contribution in [0, 0.1) is 0 Å². The SMILES string of the molecule is CC(C)(C)OC(=O)N1C[C@H](Oc2cccc3c4c(ccc23)OCC4)C[C@H]1C(=O)O. The second kappa shape index (κ2) is 7.13. The van der Waals surface area contributed by atoms with Crippen molar-refractivity contribution in [1.29, 1.82) is 0 Å². The molecule has 2 aromatic carbocycles. The lowest BCUT2D eigenvalue weighted by molar-refractivity contribution is -0.142. The van der Waals surface area contributed by atoms with Gasteiger partial charge in [0.05, 0.1) is 13.2 Å². The summed E-state index contributed by atoms with van der Waals surface area (Å²) >= 11 is 0. The number of likely N-dealkylation sites (tertiary alicyclic amines) is 1. The van der Waals surface area contributed by atoms with Gasteiger partial charge in [0.2, 0.25) is 0 Å². The van der Waals surface area contributed by atoms with E-state index in [-0.39, 0.29) is 13.0 Å². The van der Waals surface area contributed by atoms with Crippen LogP contribution in [0.4, 0.5) is 4.79 Å². The van der Waals surface area contributed by atoms with Crippen LogP contribution in [0.5, 0.6) is 11.5 Å². The highest BCUT2D eigenvalue weighted by Gasteiger charge is 2.42. The maximum atomic E-state index is 12.5. The Hall–Kier alpha value is -2.96. The lowest BCUT2D eigenvalue weighted by atomic mass is 10.0. The molecule has 2 atom stereocenters. The zero-order chi connectivity index (χ0) is 20.8. The fourth-order valence-corrected chi connectivity index (χ4v) is 3.95. The highest BCUT2D eigenvalue weighted by Crippen LogP contribution is 2.37. The molecule has 2 aromatic rings. The lowest BCUT2D eigenvalue weighted by Gasteiger charge is -2.26. The van der Waals surface area contributed by atoms with E-state index in [4.69, 9.17) is 14.2 Å². The number of hydrogen-bond acceptors (Lipinski definition) is 5. The zero-order valence-electron chi connectivity index (χ0n) is 16.8. The second-order valence-electron chi connectivity index (χ2n) is 8.45. The molecule has 0 aliphatic carbocycles. The molecule has 2 aliphatic heterocycles. The van der Waals surface area contributed by atoms with Crippen molar-refractivity contribution >= 4 is 22.8 Å². The number of carbonyl (C=O) groups excluding carboxylic acids is 1. The Morgan fingerprint density at radius 3 is 2.69 bits per heavy atom. The average molecular weight is 399 g/mol. The van der Waals surface area contributed by atoms with Crippen LogP contribution in [0.3, 0.4) is 0 Å². The fraction of sp³-hybridized carbons (Fsp3) is 0.455. The second-order valence-corrected chi connectivity index (χ2v) is 8.45. The third-order valence-electron chi connectivity index (χ3n) is 5.17. The van der Waals surface area contributed by atoms with Gasteiger partial charge in [0, 0.05) is 23.8 Å². The monoisotopic (exact) mass is 399 g/mol. The summed E-state index contributed by atoms with van der Waals surface area (Å²) in [5.41, 5.74) is 0.468. The molecule has 1 N–H and O–H groups in total. The molecular formula is C22H25NO6. The molecule has 0 unspecified atom stereocenters. The number of carboxylic acids is 1. The molecule has 1 amide bonds. The number of carbonyl (C=O) groups is 2. The third kappa shape index (κ3) is 3.81. The Bertz CT molecular complexity index is 964. The quantitative estimate of drug-likeness (QED) is 0.849. The smallest absolute Gasteiger partial charge is 0.411 e. The number of hydrogen-bond donors (Lipinski definition) is 1. The van der Waals surface area contributed by atoms with Crippen molar-refractivity contribution in [3.63, 3.8) is 0 Å². The van der Waals surface area contributed by atoms with E-state index in [1.165, 1.54) is 4.90 Å². The number of nitrogens with zero attached hydrogens (tertiary/aromatic N) is 1. The summed E-state index contributed by atoms with van der Waals surface area (Å²) in [6, 6.07) is 8.77.